The van der Waals surface area contributed by atoms with Gasteiger partial charge in [-0.2, -0.15) is 0 Å². The first kappa shape index (κ1) is 28.9. The standard InChI is InChI=1S/C19H24I3N3O8/c20-14-12(18(31)23-8(3-26)4-27)15(21)17(25-11-2-1-10(7-30)33-11)16(22)13(14)19(32)24-9(5-28)6-29/h8-10,26-30H,1-7H2,(H,23,31)(H,24,32). The van der Waals surface area contributed by atoms with Crippen molar-refractivity contribution in [3.05, 3.63) is 21.8 Å². The zero-order valence-corrected chi connectivity index (χ0v) is 23.7. The van der Waals surface area contributed by atoms with E-state index in [2.05, 4.69) is 15.6 Å². The number of carbonyl (C=O) groups excluding carboxylic acids is 2. The Hall–Kier alpha value is -0.380. The molecule has 1 heterocycles. The fourth-order valence-electron chi connectivity index (χ4n) is 2.89. The normalized spacial score (nSPS) is 17.0. The maximum Gasteiger partial charge on any atom is 0.253 e. The number of hydrogen-bond donors (Lipinski definition) is 7. The summed E-state index contributed by atoms with van der Waals surface area (Å²) in [7, 11) is 0. The maximum atomic E-state index is 13.1. The molecule has 0 spiro atoms. The minimum absolute atomic E-state index is 0.120. The molecule has 0 bridgehead atoms. The molecule has 184 valence electrons. The van der Waals surface area contributed by atoms with E-state index >= 15 is 0 Å². The van der Waals surface area contributed by atoms with Gasteiger partial charge in [0.25, 0.3) is 11.8 Å². The number of aliphatic hydroxyl groups is 5. The molecular weight excluding hydrogens is 779 g/mol. The molecule has 1 aliphatic rings. The van der Waals surface area contributed by atoms with Crippen LogP contribution in [0.15, 0.2) is 4.99 Å². The third kappa shape index (κ3) is 7.07. The van der Waals surface area contributed by atoms with Crippen LogP contribution in [0.5, 0.6) is 0 Å². The molecule has 0 aliphatic carbocycles. The van der Waals surface area contributed by atoms with E-state index in [1.54, 1.807) is 0 Å². The summed E-state index contributed by atoms with van der Waals surface area (Å²) in [5.74, 6) is -0.883. The van der Waals surface area contributed by atoms with Crippen LogP contribution in [0, 0.1) is 10.7 Å². The quantitative estimate of drug-likeness (QED) is 0.160. The van der Waals surface area contributed by atoms with E-state index in [4.69, 9.17) is 4.74 Å². The van der Waals surface area contributed by atoms with Crippen LogP contribution in [-0.4, -0.2) is 94.5 Å². The number of aliphatic imine (C=N–C) groups is 1. The number of carbonyl (C=O) groups is 2. The molecule has 11 nitrogen and oxygen atoms in total. The topological polar surface area (TPSA) is 181 Å². The van der Waals surface area contributed by atoms with Crippen molar-refractivity contribution in [3.63, 3.8) is 0 Å². The molecule has 1 fully saturated rings. The molecule has 2 amide bonds. The molecule has 7 N–H and O–H groups in total. The highest BCUT2D eigenvalue weighted by Gasteiger charge is 2.30. The van der Waals surface area contributed by atoms with Crippen LogP contribution in [0.25, 0.3) is 0 Å². The Morgan fingerprint density at radius 2 is 1.33 bits per heavy atom. The number of benzene rings is 1. The SMILES string of the molecule is O=C(NC(CO)CO)c1c(I)c(N=C2CCC(CO)O2)c(I)c(C(=O)NC(CO)CO)c1I. The highest BCUT2D eigenvalue weighted by molar-refractivity contribution is 14.1. The molecule has 0 aromatic heterocycles. The van der Waals surface area contributed by atoms with Gasteiger partial charge in [0.2, 0.25) is 0 Å². The second-order valence-corrected chi connectivity index (χ2v) is 10.3. The van der Waals surface area contributed by atoms with Crippen LogP contribution in [-0.2, 0) is 4.74 Å². The largest absolute Gasteiger partial charge is 0.475 e. The van der Waals surface area contributed by atoms with E-state index in [1.165, 1.54) is 0 Å². The van der Waals surface area contributed by atoms with Crippen LogP contribution in [0.3, 0.4) is 0 Å². The van der Waals surface area contributed by atoms with Crippen LogP contribution in [0.1, 0.15) is 33.6 Å². The van der Waals surface area contributed by atoms with Crippen molar-refractivity contribution in [1.29, 1.82) is 0 Å². The lowest BCUT2D eigenvalue weighted by Gasteiger charge is -2.21. The molecule has 2 rings (SSSR count). The number of ether oxygens (including phenoxy) is 1. The average molecular weight is 803 g/mol. The van der Waals surface area contributed by atoms with Gasteiger partial charge in [0.05, 0.1) is 69.1 Å². The smallest absolute Gasteiger partial charge is 0.253 e. The average Bonchev–Trinajstić information content (AvgIpc) is 3.26. The number of rotatable bonds is 10. The molecule has 1 aromatic carbocycles. The first-order valence-electron chi connectivity index (χ1n) is 9.82. The summed E-state index contributed by atoms with van der Waals surface area (Å²) in [6.07, 6.45) is 0.676. The van der Waals surface area contributed by atoms with Gasteiger partial charge in [-0.3, -0.25) is 9.59 Å². The van der Waals surface area contributed by atoms with Gasteiger partial charge < -0.3 is 40.9 Å². The van der Waals surface area contributed by atoms with Gasteiger partial charge in [0.1, 0.15) is 6.10 Å². The maximum absolute atomic E-state index is 13.1. The lowest BCUT2D eigenvalue weighted by atomic mass is 10.1. The number of amides is 2. The minimum atomic E-state index is -0.896. The van der Waals surface area contributed by atoms with Gasteiger partial charge in [-0.05, 0) is 74.2 Å². The van der Waals surface area contributed by atoms with Crippen molar-refractivity contribution in [3.8, 4) is 0 Å². The molecule has 14 heteroatoms. The zero-order valence-electron chi connectivity index (χ0n) is 17.2. The molecule has 1 unspecified atom stereocenters. The van der Waals surface area contributed by atoms with Gasteiger partial charge in [0.15, 0.2) is 5.90 Å². The lowest BCUT2D eigenvalue weighted by molar-refractivity contribution is 0.0874. The third-order valence-electron chi connectivity index (χ3n) is 4.72. The molecule has 1 aromatic rings. The van der Waals surface area contributed by atoms with Crippen LogP contribution in [0.2, 0.25) is 0 Å². The van der Waals surface area contributed by atoms with E-state index in [9.17, 15) is 35.1 Å². The van der Waals surface area contributed by atoms with Gasteiger partial charge in [-0.15, -0.1) is 0 Å². The Kier molecular flexibility index (Phi) is 11.9. The number of nitrogens with one attached hydrogen (secondary N) is 2. The van der Waals surface area contributed by atoms with Crippen LogP contribution < -0.4 is 10.6 Å². The highest BCUT2D eigenvalue weighted by Crippen LogP contribution is 2.38. The summed E-state index contributed by atoms with van der Waals surface area (Å²) in [5, 5.41) is 51.7. The summed E-state index contributed by atoms with van der Waals surface area (Å²) in [6, 6.07) is -1.79. The minimum Gasteiger partial charge on any atom is -0.475 e. The van der Waals surface area contributed by atoms with E-state index in [0.29, 0.717) is 35.1 Å². The van der Waals surface area contributed by atoms with Crippen molar-refractivity contribution in [2.75, 3.05) is 33.0 Å². The van der Waals surface area contributed by atoms with Gasteiger partial charge in [0, 0.05) is 9.99 Å². The predicted octanol–water partition coefficient (Wildman–Crippen LogP) is -0.132. The van der Waals surface area contributed by atoms with Crippen molar-refractivity contribution in [2.45, 2.75) is 31.0 Å². The third-order valence-corrected chi connectivity index (χ3v) is 7.90. The molecule has 0 radical (unpaired) electrons. The van der Waals surface area contributed by atoms with E-state index < -0.39 is 50.3 Å². The van der Waals surface area contributed by atoms with E-state index in [-0.39, 0.29) is 23.8 Å². The van der Waals surface area contributed by atoms with Crippen LogP contribution >= 0.6 is 67.8 Å². The fraction of sp³-hybridized carbons (Fsp3) is 0.526. The number of nitrogens with zero attached hydrogens (tertiary/aromatic N) is 1. The summed E-state index contributed by atoms with van der Waals surface area (Å²) < 4.78 is 6.76. The zero-order chi connectivity index (χ0) is 24.7. The second-order valence-electron chi connectivity index (χ2n) is 7.08. The monoisotopic (exact) mass is 803 g/mol. The molecule has 1 atom stereocenters. The molecule has 33 heavy (non-hydrogen) atoms. The predicted molar refractivity (Wildman–Crippen MR) is 144 cm³/mol. The van der Waals surface area contributed by atoms with Gasteiger partial charge >= 0.3 is 0 Å². The number of aliphatic hydroxyl groups excluding tert-OH is 5. The van der Waals surface area contributed by atoms with Gasteiger partial charge in [-0.1, -0.05) is 0 Å². The van der Waals surface area contributed by atoms with E-state index in [1.807, 2.05) is 67.8 Å². The first-order chi connectivity index (χ1) is 15.7. The number of hydrogen-bond acceptors (Lipinski definition) is 9. The molecule has 1 saturated heterocycles. The van der Waals surface area contributed by atoms with Crippen molar-refractivity contribution >= 4 is 91.2 Å². The second kappa shape index (κ2) is 13.6. The Morgan fingerprint density at radius 3 is 1.70 bits per heavy atom. The van der Waals surface area contributed by atoms with Crippen molar-refractivity contribution in [1.82, 2.24) is 10.6 Å². The van der Waals surface area contributed by atoms with Crippen molar-refractivity contribution in [2.24, 2.45) is 4.99 Å². The van der Waals surface area contributed by atoms with Crippen LogP contribution in [0.4, 0.5) is 5.69 Å². The Labute approximate surface area is 230 Å². The van der Waals surface area contributed by atoms with Gasteiger partial charge in [-0.25, -0.2) is 4.99 Å². The summed E-state index contributed by atoms with van der Waals surface area (Å²) >= 11 is 5.74. The summed E-state index contributed by atoms with van der Waals surface area (Å²) in [5.41, 5.74) is 0.554. The summed E-state index contributed by atoms with van der Waals surface area (Å²) in [4.78, 5) is 30.6. The number of halogens is 3. The fourth-order valence-corrected chi connectivity index (χ4v) is 7.28. The molecule has 1 aliphatic heterocycles. The molecular formula is C19H24I3N3O8. The molecule has 0 saturated carbocycles. The Bertz CT molecular complexity index is 854. The highest BCUT2D eigenvalue weighted by atomic mass is 127. The lowest BCUT2D eigenvalue weighted by Crippen LogP contribution is -2.42. The Morgan fingerprint density at radius 1 is 0.879 bits per heavy atom. The first-order valence-corrected chi connectivity index (χ1v) is 13.1. The van der Waals surface area contributed by atoms with Crippen molar-refractivity contribution < 1.29 is 39.9 Å². The summed E-state index contributed by atoms with van der Waals surface area (Å²) in [6.45, 7) is -2.07. The Balaban J connectivity index is 2.64. The van der Waals surface area contributed by atoms with E-state index in [0.717, 1.165) is 0 Å².